The van der Waals surface area contributed by atoms with E-state index in [4.69, 9.17) is 0 Å². The minimum atomic E-state index is -0.458. The third-order valence-electron chi connectivity index (χ3n) is 3.38. The smallest absolute Gasteiger partial charge is 0.315 e. The summed E-state index contributed by atoms with van der Waals surface area (Å²) in [4.78, 5) is 23.6. The number of carbonyl (C=O) groups excluding carboxylic acids is 2. The molecule has 3 amide bonds. The number of rotatable bonds is 6. The maximum atomic E-state index is 12.8. The van der Waals surface area contributed by atoms with Gasteiger partial charge in [-0.15, -0.1) is 0 Å². The average molecular weight is 333 g/mol. The standard InChI is InChI=1S/C16H20FN5O2/c1-3-22-14(8-9-19-22)11(2)20-16(24)18-10-15(23)21-13-6-4-12(17)5-7-13/h4-9,11H,3,10H2,1-2H3,(H,21,23)(H2,18,20,24). The molecule has 3 N–H and O–H groups in total. The van der Waals surface area contributed by atoms with Crippen molar-refractivity contribution in [2.75, 3.05) is 11.9 Å². The normalized spacial score (nSPS) is 11.6. The molecule has 128 valence electrons. The second-order valence-electron chi connectivity index (χ2n) is 5.18. The number of aryl methyl sites for hydroxylation is 1. The Morgan fingerprint density at radius 3 is 2.62 bits per heavy atom. The summed E-state index contributed by atoms with van der Waals surface area (Å²) in [5, 5.41) is 11.9. The number of anilines is 1. The van der Waals surface area contributed by atoms with Gasteiger partial charge in [0.1, 0.15) is 5.82 Å². The van der Waals surface area contributed by atoms with Gasteiger partial charge in [-0.25, -0.2) is 9.18 Å². The molecule has 0 fully saturated rings. The third kappa shape index (κ3) is 4.80. The zero-order valence-electron chi connectivity index (χ0n) is 13.5. The van der Waals surface area contributed by atoms with Gasteiger partial charge in [0.15, 0.2) is 0 Å². The number of benzene rings is 1. The Balaban J connectivity index is 1.78. The van der Waals surface area contributed by atoms with Gasteiger partial charge in [-0.2, -0.15) is 5.10 Å². The molecule has 1 heterocycles. The first kappa shape index (κ1) is 17.5. The maximum Gasteiger partial charge on any atom is 0.315 e. The molecule has 2 aromatic rings. The molecule has 1 aromatic heterocycles. The highest BCUT2D eigenvalue weighted by atomic mass is 19.1. The van der Waals surface area contributed by atoms with Crippen molar-refractivity contribution < 1.29 is 14.0 Å². The van der Waals surface area contributed by atoms with Gasteiger partial charge in [0.05, 0.1) is 18.3 Å². The number of hydrogen-bond acceptors (Lipinski definition) is 3. The number of urea groups is 1. The van der Waals surface area contributed by atoms with Crippen LogP contribution < -0.4 is 16.0 Å². The number of amides is 3. The van der Waals surface area contributed by atoms with Crippen LogP contribution in [0, 0.1) is 5.82 Å². The topological polar surface area (TPSA) is 88.1 Å². The average Bonchev–Trinajstić information content (AvgIpc) is 3.04. The van der Waals surface area contributed by atoms with Crippen LogP contribution in [0.2, 0.25) is 0 Å². The van der Waals surface area contributed by atoms with E-state index in [0.29, 0.717) is 12.2 Å². The molecule has 0 aliphatic carbocycles. The van der Waals surface area contributed by atoms with Crippen LogP contribution >= 0.6 is 0 Å². The SMILES string of the molecule is CCn1nccc1C(C)NC(=O)NCC(=O)Nc1ccc(F)cc1. The molecule has 0 saturated carbocycles. The molecular formula is C16H20FN5O2. The first-order valence-electron chi connectivity index (χ1n) is 7.61. The van der Waals surface area contributed by atoms with Gasteiger partial charge >= 0.3 is 6.03 Å². The summed E-state index contributed by atoms with van der Waals surface area (Å²) >= 11 is 0. The van der Waals surface area contributed by atoms with Gasteiger partial charge in [0.2, 0.25) is 5.91 Å². The van der Waals surface area contributed by atoms with Crippen LogP contribution in [-0.4, -0.2) is 28.3 Å². The summed E-state index contributed by atoms with van der Waals surface area (Å²) in [7, 11) is 0. The predicted octanol–water partition coefficient (Wildman–Crippen LogP) is 2.04. The number of halogens is 1. The highest BCUT2D eigenvalue weighted by molar-refractivity contribution is 5.94. The van der Waals surface area contributed by atoms with Gasteiger partial charge in [-0.05, 0) is 44.2 Å². The molecule has 8 heteroatoms. The molecule has 0 spiro atoms. The molecule has 7 nitrogen and oxygen atoms in total. The molecule has 0 bridgehead atoms. The minimum absolute atomic E-state index is 0.191. The summed E-state index contributed by atoms with van der Waals surface area (Å²) in [6, 6.07) is 6.51. The van der Waals surface area contributed by atoms with Crippen molar-refractivity contribution in [2.24, 2.45) is 0 Å². The number of aromatic nitrogens is 2. The van der Waals surface area contributed by atoms with Crippen molar-refractivity contribution in [3.05, 3.63) is 48.0 Å². The Hall–Kier alpha value is -2.90. The fraction of sp³-hybridized carbons (Fsp3) is 0.312. The Morgan fingerprint density at radius 2 is 1.96 bits per heavy atom. The number of nitrogens with zero attached hydrogens (tertiary/aromatic N) is 2. The Morgan fingerprint density at radius 1 is 1.25 bits per heavy atom. The van der Waals surface area contributed by atoms with Gasteiger partial charge in [0.25, 0.3) is 0 Å². The van der Waals surface area contributed by atoms with E-state index in [-0.39, 0.29) is 18.4 Å². The van der Waals surface area contributed by atoms with E-state index in [1.165, 1.54) is 24.3 Å². The fourth-order valence-corrected chi connectivity index (χ4v) is 2.20. The van der Waals surface area contributed by atoms with E-state index in [2.05, 4.69) is 21.0 Å². The summed E-state index contributed by atoms with van der Waals surface area (Å²) < 4.78 is 14.6. The molecular weight excluding hydrogens is 313 g/mol. The van der Waals surface area contributed by atoms with E-state index in [1.807, 2.05) is 19.9 Å². The summed E-state index contributed by atoms with van der Waals surface area (Å²) in [5.41, 5.74) is 1.34. The highest BCUT2D eigenvalue weighted by Crippen LogP contribution is 2.11. The highest BCUT2D eigenvalue weighted by Gasteiger charge is 2.14. The molecule has 1 aromatic carbocycles. The first-order chi connectivity index (χ1) is 11.5. The molecule has 0 saturated heterocycles. The Bertz CT molecular complexity index is 699. The number of hydrogen-bond donors (Lipinski definition) is 3. The van der Waals surface area contributed by atoms with E-state index < -0.39 is 11.9 Å². The van der Waals surface area contributed by atoms with Crippen LogP contribution in [0.5, 0.6) is 0 Å². The van der Waals surface area contributed by atoms with Crippen LogP contribution in [-0.2, 0) is 11.3 Å². The number of nitrogens with one attached hydrogen (secondary N) is 3. The van der Waals surface area contributed by atoms with Crippen LogP contribution in [0.25, 0.3) is 0 Å². The first-order valence-corrected chi connectivity index (χ1v) is 7.61. The molecule has 1 atom stereocenters. The zero-order valence-corrected chi connectivity index (χ0v) is 13.5. The van der Waals surface area contributed by atoms with Crippen molar-refractivity contribution in [3.63, 3.8) is 0 Å². The van der Waals surface area contributed by atoms with E-state index >= 15 is 0 Å². The fourth-order valence-electron chi connectivity index (χ4n) is 2.20. The van der Waals surface area contributed by atoms with Crippen molar-refractivity contribution in [2.45, 2.75) is 26.4 Å². The Kier molecular flexibility index (Phi) is 5.89. The van der Waals surface area contributed by atoms with Crippen molar-refractivity contribution >= 4 is 17.6 Å². The molecule has 2 rings (SSSR count). The van der Waals surface area contributed by atoms with E-state index in [1.54, 1.807) is 10.9 Å². The van der Waals surface area contributed by atoms with Crippen LogP contribution in [0.3, 0.4) is 0 Å². The summed E-state index contributed by atoms with van der Waals surface area (Å²) in [6.45, 7) is 4.31. The lowest BCUT2D eigenvalue weighted by Gasteiger charge is -2.15. The maximum absolute atomic E-state index is 12.8. The summed E-state index contributed by atoms with van der Waals surface area (Å²) in [6.07, 6.45) is 1.67. The molecule has 1 unspecified atom stereocenters. The van der Waals surface area contributed by atoms with Gasteiger partial charge in [0, 0.05) is 18.4 Å². The van der Waals surface area contributed by atoms with Crippen molar-refractivity contribution in [3.8, 4) is 0 Å². The molecule has 0 aliphatic rings. The van der Waals surface area contributed by atoms with Crippen LogP contribution in [0.4, 0.5) is 14.9 Å². The van der Waals surface area contributed by atoms with Crippen LogP contribution in [0.15, 0.2) is 36.5 Å². The minimum Gasteiger partial charge on any atom is -0.330 e. The molecule has 0 aliphatic heterocycles. The van der Waals surface area contributed by atoms with Gasteiger partial charge < -0.3 is 16.0 Å². The monoisotopic (exact) mass is 333 g/mol. The van der Waals surface area contributed by atoms with E-state index in [0.717, 1.165) is 5.69 Å². The van der Waals surface area contributed by atoms with Crippen molar-refractivity contribution in [1.29, 1.82) is 0 Å². The zero-order chi connectivity index (χ0) is 17.5. The van der Waals surface area contributed by atoms with Crippen LogP contribution in [0.1, 0.15) is 25.6 Å². The van der Waals surface area contributed by atoms with Gasteiger partial charge in [-0.1, -0.05) is 0 Å². The lowest BCUT2D eigenvalue weighted by Crippen LogP contribution is -2.41. The Labute approximate surface area is 139 Å². The second kappa shape index (κ2) is 8.09. The largest absolute Gasteiger partial charge is 0.330 e. The lowest BCUT2D eigenvalue weighted by molar-refractivity contribution is -0.115. The second-order valence-corrected chi connectivity index (χ2v) is 5.18. The van der Waals surface area contributed by atoms with Gasteiger partial charge in [-0.3, -0.25) is 9.48 Å². The predicted molar refractivity (Wildman–Crippen MR) is 87.9 cm³/mol. The summed E-state index contributed by atoms with van der Waals surface area (Å²) in [5.74, 6) is -0.783. The van der Waals surface area contributed by atoms with Crippen molar-refractivity contribution in [1.82, 2.24) is 20.4 Å². The van der Waals surface area contributed by atoms with E-state index in [9.17, 15) is 14.0 Å². The molecule has 0 radical (unpaired) electrons. The third-order valence-corrected chi connectivity index (χ3v) is 3.38. The lowest BCUT2D eigenvalue weighted by atomic mass is 10.2. The quantitative estimate of drug-likeness (QED) is 0.756. The number of carbonyl (C=O) groups is 2. The molecule has 24 heavy (non-hydrogen) atoms.